The van der Waals surface area contributed by atoms with Gasteiger partial charge < -0.3 is 15.2 Å². The van der Waals surface area contributed by atoms with Crippen molar-refractivity contribution < 1.29 is 22.6 Å². The lowest BCUT2D eigenvalue weighted by Crippen LogP contribution is -2.18. The van der Waals surface area contributed by atoms with E-state index < -0.39 is 12.8 Å². The highest BCUT2D eigenvalue weighted by Gasteiger charge is 2.27. The fraction of sp³-hybridized carbons (Fsp3) is 0.417. The highest BCUT2D eigenvalue weighted by molar-refractivity contribution is 6.30. The van der Waals surface area contributed by atoms with Gasteiger partial charge in [0.15, 0.2) is 0 Å². The number of rotatable bonds is 7. The molecular weight excluding hydrogens is 297 g/mol. The summed E-state index contributed by atoms with van der Waals surface area (Å²) in [4.78, 5) is 0. The average Bonchev–Trinajstić information content (AvgIpc) is 2.32. The number of amidine groups is 1. The molecule has 0 radical (unpaired) electrons. The molecule has 4 nitrogen and oxygen atoms in total. The van der Waals surface area contributed by atoms with Crippen molar-refractivity contribution in [1.82, 2.24) is 0 Å². The number of alkyl halides is 3. The Morgan fingerprint density at radius 2 is 2.00 bits per heavy atom. The van der Waals surface area contributed by atoms with E-state index in [1.165, 1.54) is 6.07 Å². The van der Waals surface area contributed by atoms with Crippen molar-refractivity contribution >= 4 is 17.4 Å². The largest absolute Gasteiger partial charge is 0.493 e. The van der Waals surface area contributed by atoms with Crippen LogP contribution in [0.1, 0.15) is 12.0 Å². The first-order chi connectivity index (χ1) is 9.29. The number of hydrogen-bond acceptors (Lipinski definition) is 3. The summed E-state index contributed by atoms with van der Waals surface area (Å²) >= 11 is 5.79. The van der Waals surface area contributed by atoms with Crippen molar-refractivity contribution in [2.75, 3.05) is 19.8 Å². The average molecular weight is 311 g/mol. The molecule has 1 aromatic carbocycles. The maximum absolute atomic E-state index is 11.8. The molecule has 0 fully saturated rings. The third-order valence-electron chi connectivity index (χ3n) is 2.19. The second-order valence-electron chi connectivity index (χ2n) is 3.92. The summed E-state index contributed by atoms with van der Waals surface area (Å²) in [7, 11) is 0. The topological polar surface area (TPSA) is 68.3 Å². The SMILES string of the molecule is N=C(N)c1ccc(Cl)cc1OCCCOCC(F)(F)F. The lowest BCUT2D eigenvalue weighted by atomic mass is 10.2. The van der Waals surface area contributed by atoms with Gasteiger partial charge in [0.2, 0.25) is 0 Å². The van der Waals surface area contributed by atoms with Crippen molar-refractivity contribution in [1.29, 1.82) is 5.41 Å². The molecule has 0 saturated carbocycles. The highest BCUT2D eigenvalue weighted by Crippen LogP contribution is 2.23. The van der Waals surface area contributed by atoms with Gasteiger partial charge in [-0.1, -0.05) is 11.6 Å². The van der Waals surface area contributed by atoms with Crippen LogP contribution < -0.4 is 10.5 Å². The third-order valence-corrected chi connectivity index (χ3v) is 2.43. The number of halogens is 4. The molecule has 0 aliphatic heterocycles. The molecule has 0 amide bonds. The van der Waals surface area contributed by atoms with Crippen LogP contribution in [0.2, 0.25) is 5.02 Å². The molecule has 0 spiro atoms. The van der Waals surface area contributed by atoms with Gasteiger partial charge in [-0.15, -0.1) is 0 Å². The monoisotopic (exact) mass is 310 g/mol. The summed E-state index contributed by atoms with van der Waals surface area (Å²) in [6, 6.07) is 4.60. The van der Waals surface area contributed by atoms with Crippen LogP contribution in [0.15, 0.2) is 18.2 Å². The molecule has 0 bridgehead atoms. The zero-order valence-corrected chi connectivity index (χ0v) is 11.2. The molecule has 0 aliphatic carbocycles. The number of nitrogens with one attached hydrogen (secondary N) is 1. The van der Waals surface area contributed by atoms with Gasteiger partial charge in [0, 0.05) is 11.4 Å². The van der Waals surface area contributed by atoms with Crippen LogP contribution in [0.4, 0.5) is 13.2 Å². The molecule has 1 rings (SSSR count). The van der Waals surface area contributed by atoms with Gasteiger partial charge in [-0.25, -0.2) is 0 Å². The molecule has 0 saturated heterocycles. The van der Waals surface area contributed by atoms with E-state index in [4.69, 9.17) is 27.5 Å². The van der Waals surface area contributed by atoms with Crippen molar-refractivity contribution in [3.8, 4) is 5.75 Å². The van der Waals surface area contributed by atoms with Gasteiger partial charge in [0.1, 0.15) is 18.2 Å². The van der Waals surface area contributed by atoms with Crippen LogP contribution in [0, 0.1) is 5.41 Å². The molecule has 112 valence electrons. The Bertz CT molecular complexity index is 467. The van der Waals surface area contributed by atoms with Crippen molar-refractivity contribution in [3.05, 3.63) is 28.8 Å². The summed E-state index contributed by atoms with van der Waals surface area (Å²) in [6.45, 7) is -1.21. The first-order valence-electron chi connectivity index (χ1n) is 5.71. The van der Waals surface area contributed by atoms with Crippen molar-refractivity contribution in [2.45, 2.75) is 12.6 Å². The zero-order chi connectivity index (χ0) is 15.2. The molecule has 0 unspecified atom stereocenters. The lowest BCUT2D eigenvalue weighted by Gasteiger charge is -2.11. The Hall–Kier alpha value is -1.47. The van der Waals surface area contributed by atoms with Gasteiger partial charge >= 0.3 is 6.18 Å². The smallest absolute Gasteiger partial charge is 0.411 e. The number of benzene rings is 1. The summed E-state index contributed by atoms with van der Waals surface area (Å²) in [6.07, 6.45) is -4.05. The van der Waals surface area contributed by atoms with E-state index in [-0.39, 0.29) is 25.5 Å². The minimum absolute atomic E-state index is 0.0739. The normalized spacial score (nSPS) is 11.4. The second kappa shape index (κ2) is 7.35. The van der Waals surface area contributed by atoms with Gasteiger partial charge in [0.25, 0.3) is 0 Å². The maximum atomic E-state index is 11.8. The fourth-order valence-electron chi connectivity index (χ4n) is 1.37. The van der Waals surface area contributed by atoms with Crippen molar-refractivity contribution in [2.24, 2.45) is 5.73 Å². The fourth-order valence-corrected chi connectivity index (χ4v) is 1.53. The van der Waals surface area contributed by atoms with Crippen LogP contribution in [0.25, 0.3) is 0 Å². The van der Waals surface area contributed by atoms with E-state index in [0.717, 1.165) is 0 Å². The summed E-state index contributed by atoms with van der Waals surface area (Å²) in [5.41, 5.74) is 5.76. The van der Waals surface area contributed by atoms with Gasteiger partial charge in [-0.05, 0) is 18.2 Å². The van der Waals surface area contributed by atoms with Gasteiger partial charge in [-0.2, -0.15) is 13.2 Å². The van der Waals surface area contributed by atoms with Crippen LogP contribution in [0.5, 0.6) is 5.75 Å². The molecule has 0 heterocycles. The summed E-state index contributed by atoms with van der Waals surface area (Å²) in [5.74, 6) is 0.144. The van der Waals surface area contributed by atoms with Gasteiger partial charge in [0.05, 0.1) is 18.8 Å². The lowest BCUT2D eigenvalue weighted by molar-refractivity contribution is -0.174. The van der Waals surface area contributed by atoms with Crippen LogP contribution in [-0.2, 0) is 4.74 Å². The molecule has 0 aliphatic rings. The molecule has 3 N–H and O–H groups in total. The Morgan fingerprint density at radius 3 is 2.60 bits per heavy atom. The Balaban J connectivity index is 2.38. The molecule has 8 heteroatoms. The molecule has 0 atom stereocenters. The highest BCUT2D eigenvalue weighted by atomic mass is 35.5. The minimum Gasteiger partial charge on any atom is -0.493 e. The molecule has 20 heavy (non-hydrogen) atoms. The predicted molar refractivity (Wildman–Crippen MR) is 69.5 cm³/mol. The van der Waals surface area contributed by atoms with Crippen LogP contribution in [-0.4, -0.2) is 31.8 Å². The van der Waals surface area contributed by atoms with Gasteiger partial charge in [-0.3, -0.25) is 5.41 Å². The Kier molecular flexibility index (Phi) is 6.09. The molecule has 1 aromatic rings. The Labute approximate surface area is 119 Å². The number of ether oxygens (including phenoxy) is 2. The standard InChI is InChI=1S/C12H14ClF3N2O2/c13-8-2-3-9(11(17)18)10(6-8)20-5-1-4-19-7-12(14,15)16/h2-3,6H,1,4-5,7H2,(H3,17,18). The second-order valence-corrected chi connectivity index (χ2v) is 4.36. The number of hydrogen-bond donors (Lipinski definition) is 2. The molecular formula is C12H14ClF3N2O2. The third kappa shape index (κ3) is 6.12. The number of nitrogen functional groups attached to an aromatic ring is 1. The maximum Gasteiger partial charge on any atom is 0.411 e. The first kappa shape index (κ1) is 16.6. The number of nitrogens with two attached hydrogens (primary N) is 1. The van der Waals surface area contributed by atoms with E-state index in [1.807, 2.05) is 0 Å². The van der Waals surface area contributed by atoms with Crippen LogP contribution >= 0.6 is 11.6 Å². The molecule has 0 aromatic heterocycles. The van der Waals surface area contributed by atoms with E-state index >= 15 is 0 Å². The van der Waals surface area contributed by atoms with E-state index in [0.29, 0.717) is 16.3 Å². The Morgan fingerprint density at radius 1 is 1.30 bits per heavy atom. The van der Waals surface area contributed by atoms with E-state index in [2.05, 4.69) is 4.74 Å². The van der Waals surface area contributed by atoms with Crippen LogP contribution in [0.3, 0.4) is 0 Å². The quantitative estimate of drug-likeness (QED) is 0.462. The van der Waals surface area contributed by atoms with Crippen molar-refractivity contribution in [3.63, 3.8) is 0 Å². The van der Waals surface area contributed by atoms with E-state index in [9.17, 15) is 13.2 Å². The predicted octanol–water partition coefficient (Wildman–Crippen LogP) is 2.97. The minimum atomic E-state index is -4.32. The van der Waals surface area contributed by atoms with E-state index in [1.54, 1.807) is 12.1 Å². The summed E-state index contributed by atoms with van der Waals surface area (Å²) < 4.78 is 45.2. The zero-order valence-electron chi connectivity index (χ0n) is 10.5. The first-order valence-corrected chi connectivity index (χ1v) is 6.08. The summed E-state index contributed by atoms with van der Waals surface area (Å²) in [5, 5.41) is 7.78.